The van der Waals surface area contributed by atoms with E-state index in [9.17, 15) is 9.59 Å². The first-order chi connectivity index (χ1) is 8.86. The number of amides is 1. The van der Waals surface area contributed by atoms with Crippen LogP contribution in [0, 0.1) is 5.92 Å². The molecule has 2 atom stereocenters. The number of rotatable bonds is 5. The highest BCUT2D eigenvalue weighted by Crippen LogP contribution is 2.20. The zero-order valence-electron chi connectivity index (χ0n) is 10.8. The summed E-state index contributed by atoms with van der Waals surface area (Å²) < 4.78 is 0.695. The van der Waals surface area contributed by atoms with Crippen LogP contribution in [0.25, 0.3) is 0 Å². The van der Waals surface area contributed by atoms with Crippen LogP contribution >= 0.6 is 15.9 Å². The summed E-state index contributed by atoms with van der Waals surface area (Å²) in [5.74, 6) is -1.62. The maximum absolute atomic E-state index is 12.0. The Morgan fingerprint density at radius 3 is 2.58 bits per heavy atom. The van der Waals surface area contributed by atoms with Gasteiger partial charge in [0, 0.05) is 15.7 Å². The van der Waals surface area contributed by atoms with E-state index in [-0.39, 0.29) is 5.92 Å². The van der Waals surface area contributed by atoms with Crippen molar-refractivity contribution < 1.29 is 14.7 Å². The predicted molar refractivity (Wildman–Crippen MR) is 76.9 cm³/mol. The highest BCUT2D eigenvalue weighted by molar-refractivity contribution is 9.10. The summed E-state index contributed by atoms with van der Waals surface area (Å²) in [4.78, 5) is 23.1. The first kappa shape index (κ1) is 15.5. The summed E-state index contributed by atoms with van der Waals surface area (Å²) in [6.07, 6.45) is 0.666. The third-order valence-electron chi connectivity index (χ3n) is 3.02. The maximum Gasteiger partial charge on any atom is 0.326 e. The molecule has 0 saturated heterocycles. The molecule has 0 saturated carbocycles. The third kappa shape index (κ3) is 3.96. The van der Waals surface area contributed by atoms with E-state index in [1.165, 1.54) is 6.07 Å². The van der Waals surface area contributed by atoms with Crippen molar-refractivity contribution in [2.24, 2.45) is 5.92 Å². The molecule has 0 aliphatic carbocycles. The first-order valence-electron chi connectivity index (χ1n) is 5.95. The lowest BCUT2D eigenvalue weighted by molar-refractivity contribution is -0.140. The van der Waals surface area contributed by atoms with Crippen LogP contribution in [0.4, 0.5) is 5.69 Å². The molecule has 0 fully saturated rings. The molecule has 0 aliphatic rings. The largest absolute Gasteiger partial charge is 0.480 e. The Kier molecular flexibility index (Phi) is 5.35. The van der Waals surface area contributed by atoms with Gasteiger partial charge in [-0.2, -0.15) is 0 Å². The van der Waals surface area contributed by atoms with Crippen molar-refractivity contribution in [2.45, 2.75) is 26.3 Å². The predicted octanol–water partition coefficient (Wildman–Crippen LogP) is 2.26. The molecule has 19 heavy (non-hydrogen) atoms. The lowest BCUT2D eigenvalue weighted by Crippen LogP contribution is -2.45. The van der Waals surface area contributed by atoms with Crippen LogP contribution in [-0.2, 0) is 4.79 Å². The van der Waals surface area contributed by atoms with Crippen molar-refractivity contribution in [3.63, 3.8) is 0 Å². The van der Waals surface area contributed by atoms with Crippen molar-refractivity contribution >= 4 is 33.5 Å². The Bertz CT molecular complexity index is 491. The van der Waals surface area contributed by atoms with Crippen LogP contribution in [0.5, 0.6) is 0 Å². The normalized spacial score (nSPS) is 13.6. The van der Waals surface area contributed by atoms with E-state index in [4.69, 9.17) is 10.8 Å². The summed E-state index contributed by atoms with van der Waals surface area (Å²) in [7, 11) is 0. The average Bonchev–Trinajstić information content (AvgIpc) is 2.37. The van der Waals surface area contributed by atoms with Gasteiger partial charge < -0.3 is 16.2 Å². The van der Waals surface area contributed by atoms with E-state index in [2.05, 4.69) is 21.2 Å². The molecule has 1 aromatic carbocycles. The van der Waals surface area contributed by atoms with E-state index < -0.39 is 17.9 Å². The standard InChI is InChI=1S/C13H17BrN2O3/c1-3-7(2)11(13(18)19)16-12(17)8-4-5-9(14)10(15)6-8/h4-7,11H,3,15H2,1-2H3,(H,16,17)(H,18,19)/t7?,11-/m0/s1. The Balaban J connectivity index is 2.87. The number of hydrogen-bond acceptors (Lipinski definition) is 3. The third-order valence-corrected chi connectivity index (χ3v) is 3.75. The molecule has 4 N–H and O–H groups in total. The van der Waals surface area contributed by atoms with Gasteiger partial charge in [-0.15, -0.1) is 0 Å². The van der Waals surface area contributed by atoms with Crippen LogP contribution in [0.1, 0.15) is 30.6 Å². The molecular formula is C13H17BrN2O3. The van der Waals surface area contributed by atoms with E-state index in [0.717, 1.165) is 0 Å². The molecule has 1 aromatic rings. The fourth-order valence-electron chi connectivity index (χ4n) is 1.59. The van der Waals surface area contributed by atoms with Crippen molar-refractivity contribution in [2.75, 3.05) is 5.73 Å². The van der Waals surface area contributed by atoms with Gasteiger partial charge in [0.1, 0.15) is 6.04 Å². The van der Waals surface area contributed by atoms with E-state index in [0.29, 0.717) is 22.1 Å². The molecule has 1 unspecified atom stereocenters. The van der Waals surface area contributed by atoms with Gasteiger partial charge in [0.2, 0.25) is 0 Å². The molecule has 0 bridgehead atoms. The summed E-state index contributed by atoms with van der Waals surface area (Å²) >= 11 is 3.24. The van der Waals surface area contributed by atoms with Gasteiger partial charge >= 0.3 is 5.97 Å². The number of carbonyl (C=O) groups excluding carboxylic acids is 1. The molecule has 1 rings (SSSR count). The fourth-order valence-corrected chi connectivity index (χ4v) is 1.84. The summed E-state index contributed by atoms with van der Waals surface area (Å²) in [5, 5.41) is 11.6. The smallest absolute Gasteiger partial charge is 0.326 e. The number of aliphatic carboxylic acids is 1. The fraction of sp³-hybridized carbons (Fsp3) is 0.385. The van der Waals surface area contributed by atoms with Crippen molar-refractivity contribution in [1.82, 2.24) is 5.32 Å². The Morgan fingerprint density at radius 2 is 2.11 bits per heavy atom. The Hall–Kier alpha value is -1.56. The van der Waals surface area contributed by atoms with Crippen LogP contribution in [0.2, 0.25) is 0 Å². The second kappa shape index (κ2) is 6.56. The monoisotopic (exact) mass is 328 g/mol. The molecular weight excluding hydrogens is 312 g/mol. The number of halogens is 1. The van der Waals surface area contributed by atoms with Gasteiger partial charge in [-0.25, -0.2) is 4.79 Å². The molecule has 1 amide bonds. The van der Waals surface area contributed by atoms with Gasteiger partial charge in [-0.3, -0.25) is 4.79 Å². The van der Waals surface area contributed by atoms with Gasteiger partial charge in [-0.05, 0) is 40.0 Å². The van der Waals surface area contributed by atoms with Gasteiger partial charge in [0.05, 0.1) is 0 Å². The van der Waals surface area contributed by atoms with Crippen LogP contribution < -0.4 is 11.1 Å². The van der Waals surface area contributed by atoms with E-state index in [1.54, 1.807) is 19.1 Å². The minimum Gasteiger partial charge on any atom is -0.480 e. The van der Waals surface area contributed by atoms with Gasteiger partial charge in [0.25, 0.3) is 5.91 Å². The molecule has 0 aliphatic heterocycles. The quantitative estimate of drug-likeness (QED) is 0.723. The zero-order chi connectivity index (χ0) is 14.6. The average molecular weight is 329 g/mol. The molecule has 0 heterocycles. The minimum absolute atomic E-state index is 0.144. The second-order valence-electron chi connectivity index (χ2n) is 4.41. The second-order valence-corrected chi connectivity index (χ2v) is 5.27. The number of benzene rings is 1. The Morgan fingerprint density at radius 1 is 1.47 bits per heavy atom. The van der Waals surface area contributed by atoms with Crippen molar-refractivity contribution in [3.05, 3.63) is 28.2 Å². The highest BCUT2D eigenvalue weighted by Gasteiger charge is 2.25. The molecule has 5 nitrogen and oxygen atoms in total. The van der Waals surface area contributed by atoms with Crippen LogP contribution in [0.15, 0.2) is 22.7 Å². The minimum atomic E-state index is -1.03. The van der Waals surface area contributed by atoms with Gasteiger partial charge in [0.15, 0.2) is 0 Å². The zero-order valence-corrected chi connectivity index (χ0v) is 12.4. The number of anilines is 1. The number of carboxylic acids is 1. The number of nitrogens with two attached hydrogens (primary N) is 1. The van der Waals surface area contributed by atoms with E-state index >= 15 is 0 Å². The SMILES string of the molecule is CCC(C)[C@H](NC(=O)c1ccc(Br)c(N)c1)C(=O)O. The molecule has 6 heteroatoms. The molecule has 0 spiro atoms. The number of hydrogen-bond donors (Lipinski definition) is 3. The summed E-state index contributed by atoms with van der Waals surface area (Å²) in [6.45, 7) is 3.67. The van der Waals surface area contributed by atoms with Gasteiger partial charge in [-0.1, -0.05) is 20.3 Å². The number of carbonyl (C=O) groups is 2. The summed E-state index contributed by atoms with van der Waals surface area (Å²) in [5.41, 5.74) is 6.47. The molecule has 0 aromatic heterocycles. The van der Waals surface area contributed by atoms with Crippen molar-refractivity contribution in [3.8, 4) is 0 Å². The first-order valence-corrected chi connectivity index (χ1v) is 6.74. The maximum atomic E-state index is 12.0. The topological polar surface area (TPSA) is 92.4 Å². The number of carboxylic acid groups (broad SMARTS) is 1. The van der Waals surface area contributed by atoms with Crippen molar-refractivity contribution in [1.29, 1.82) is 0 Å². The lowest BCUT2D eigenvalue weighted by Gasteiger charge is -2.20. The van der Waals surface area contributed by atoms with Crippen LogP contribution in [-0.4, -0.2) is 23.0 Å². The lowest BCUT2D eigenvalue weighted by atomic mass is 9.99. The number of nitrogen functional groups attached to an aromatic ring is 1. The molecule has 0 radical (unpaired) electrons. The number of nitrogens with one attached hydrogen (secondary N) is 1. The Labute approximate surface area is 120 Å². The highest BCUT2D eigenvalue weighted by atomic mass is 79.9. The van der Waals surface area contributed by atoms with E-state index in [1.807, 2.05) is 6.92 Å². The molecule has 104 valence electrons. The summed E-state index contributed by atoms with van der Waals surface area (Å²) in [6, 6.07) is 3.85. The van der Waals surface area contributed by atoms with Crippen LogP contribution in [0.3, 0.4) is 0 Å².